The van der Waals surface area contributed by atoms with Gasteiger partial charge >= 0.3 is 0 Å². The number of benzene rings is 1. The summed E-state index contributed by atoms with van der Waals surface area (Å²) in [7, 11) is 3.21. The van der Waals surface area contributed by atoms with Gasteiger partial charge in [0.25, 0.3) is 5.91 Å². The number of carbonyl (C=O) groups excluding carboxylic acids is 1. The maximum Gasteiger partial charge on any atom is 0.254 e. The molecule has 0 aliphatic heterocycles. The molecule has 1 atom stereocenters. The van der Waals surface area contributed by atoms with Gasteiger partial charge < -0.3 is 20.1 Å². The van der Waals surface area contributed by atoms with E-state index in [1.54, 1.807) is 24.1 Å². The van der Waals surface area contributed by atoms with Crippen molar-refractivity contribution >= 4 is 29.9 Å². The minimum atomic E-state index is -0.161. The van der Waals surface area contributed by atoms with E-state index in [-0.39, 0.29) is 24.4 Å². The highest BCUT2D eigenvalue weighted by Gasteiger charge is 2.20. The van der Waals surface area contributed by atoms with Crippen LogP contribution < -0.4 is 15.2 Å². The Morgan fingerprint density at radius 2 is 2.10 bits per heavy atom. The fourth-order valence-corrected chi connectivity index (χ4v) is 1.95. The third kappa shape index (κ3) is 4.66. The summed E-state index contributed by atoms with van der Waals surface area (Å²) in [5.41, 5.74) is 6.02. The molecule has 1 aromatic rings. The zero-order chi connectivity index (χ0) is 15.3. The molecule has 0 bridgehead atoms. The number of halogens is 2. The van der Waals surface area contributed by atoms with Gasteiger partial charge in [0.15, 0.2) is 11.5 Å². The lowest BCUT2D eigenvalue weighted by molar-refractivity contribution is 0.0748. The van der Waals surface area contributed by atoms with Crippen molar-refractivity contribution in [2.24, 2.45) is 5.73 Å². The van der Waals surface area contributed by atoms with Gasteiger partial charge in [-0.2, -0.15) is 0 Å². The van der Waals surface area contributed by atoms with Crippen molar-refractivity contribution in [2.75, 3.05) is 27.3 Å². The van der Waals surface area contributed by atoms with Crippen molar-refractivity contribution < 1.29 is 14.3 Å². The lowest BCUT2D eigenvalue weighted by Crippen LogP contribution is -2.39. The third-order valence-electron chi connectivity index (χ3n) is 3.09. The van der Waals surface area contributed by atoms with Crippen LogP contribution in [-0.4, -0.2) is 44.2 Å². The minimum Gasteiger partial charge on any atom is -0.493 e. The lowest BCUT2D eigenvalue weighted by atomic mass is 10.1. The molecule has 0 heterocycles. The molecule has 1 aromatic carbocycles. The van der Waals surface area contributed by atoms with Gasteiger partial charge in [0.05, 0.1) is 18.7 Å². The Morgan fingerprint density at radius 1 is 1.48 bits per heavy atom. The Kier molecular flexibility index (Phi) is 8.47. The number of methoxy groups -OCH3 is 1. The number of nitrogens with two attached hydrogens (primary N) is 1. The average Bonchev–Trinajstić information content (AvgIpc) is 2.46. The summed E-state index contributed by atoms with van der Waals surface area (Å²) in [4.78, 5) is 13.9. The van der Waals surface area contributed by atoms with Gasteiger partial charge in [-0.05, 0) is 26.0 Å². The SMILES string of the molecule is CCOc1c(Cl)cc(C(=O)N(C)C(C)CN)cc1OC.Cl. The Bertz CT molecular complexity index is 484. The number of hydrogen-bond acceptors (Lipinski definition) is 4. The van der Waals surface area contributed by atoms with Gasteiger partial charge in [-0.1, -0.05) is 11.6 Å². The molecule has 1 rings (SSSR count). The van der Waals surface area contributed by atoms with Crippen LogP contribution in [0.3, 0.4) is 0 Å². The van der Waals surface area contributed by atoms with Crippen LogP contribution in [0.25, 0.3) is 0 Å². The van der Waals surface area contributed by atoms with Gasteiger partial charge in [0, 0.05) is 25.2 Å². The van der Waals surface area contributed by atoms with Crippen molar-refractivity contribution in [2.45, 2.75) is 19.9 Å². The predicted octanol–water partition coefficient (Wildman–Crippen LogP) is 2.59. The second-order valence-electron chi connectivity index (χ2n) is 4.42. The Hall–Kier alpha value is -1.17. The van der Waals surface area contributed by atoms with Crippen LogP contribution in [-0.2, 0) is 0 Å². The molecule has 0 radical (unpaired) electrons. The number of nitrogens with zero attached hydrogens (tertiary/aromatic N) is 1. The predicted molar refractivity (Wildman–Crippen MR) is 87.0 cm³/mol. The summed E-state index contributed by atoms with van der Waals surface area (Å²) in [5.74, 6) is 0.727. The van der Waals surface area contributed by atoms with Crippen LogP contribution in [0.1, 0.15) is 24.2 Å². The van der Waals surface area contributed by atoms with E-state index in [2.05, 4.69) is 0 Å². The van der Waals surface area contributed by atoms with Crippen molar-refractivity contribution in [3.8, 4) is 11.5 Å². The summed E-state index contributed by atoms with van der Waals surface area (Å²) in [5, 5.41) is 0.350. The molecule has 0 aromatic heterocycles. The highest BCUT2D eigenvalue weighted by Crippen LogP contribution is 2.36. The van der Waals surface area contributed by atoms with E-state index in [1.807, 2.05) is 13.8 Å². The van der Waals surface area contributed by atoms with E-state index in [0.29, 0.717) is 35.2 Å². The zero-order valence-electron chi connectivity index (χ0n) is 12.7. The second kappa shape index (κ2) is 8.97. The molecule has 0 spiro atoms. The highest BCUT2D eigenvalue weighted by atomic mass is 35.5. The fourth-order valence-electron chi connectivity index (χ4n) is 1.69. The molecular weight excluding hydrogens is 315 g/mol. The number of rotatable bonds is 6. The largest absolute Gasteiger partial charge is 0.493 e. The number of likely N-dealkylation sites (N-methyl/N-ethyl adjacent to an activating group) is 1. The number of hydrogen-bond donors (Lipinski definition) is 1. The van der Waals surface area contributed by atoms with E-state index in [9.17, 15) is 4.79 Å². The number of carbonyl (C=O) groups is 1. The van der Waals surface area contributed by atoms with Crippen LogP contribution in [0.4, 0.5) is 0 Å². The van der Waals surface area contributed by atoms with Crippen LogP contribution in [0.15, 0.2) is 12.1 Å². The van der Waals surface area contributed by atoms with E-state index < -0.39 is 0 Å². The Labute approximate surface area is 136 Å². The second-order valence-corrected chi connectivity index (χ2v) is 4.83. The van der Waals surface area contributed by atoms with Crippen LogP contribution in [0.5, 0.6) is 11.5 Å². The molecule has 21 heavy (non-hydrogen) atoms. The maximum absolute atomic E-state index is 12.3. The van der Waals surface area contributed by atoms with E-state index >= 15 is 0 Å². The molecule has 0 aliphatic carbocycles. The monoisotopic (exact) mass is 336 g/mol. The van der Waals surface area contributed by atoms with Gasteiger partial charge in [-0.3, -0.25) is 4.79 Å². The first-order chi connectivity index (χ1) is 9.46. The van der Waals surface area contributed by atoms with Gasteiger partial charge in [-0.15, -0.1) is 12.4 Å². The van der Waals surface area contributed by atoms with Gasteiger partial charge in [-0.25, -0.2) is 0 Å². The number of ether oxygens (including phenoxy) is 2. The standard InChI is InChI=1S/C14H21ClN2O3.ClH/c1-5-20-13-11(15)6-10(7-12(13)19-4)14(18)17(3)9(2)8-16;/h6-7,9H,5,8,16H2,1-4H3;1H. The molecular formula is C14H22Cl2N2O3. The summed E-state index contributed by atoms with van der Waals surface area (Å²) in [6.45, 7) is 4.59. The molecule has 1 amide bonds. The molecule has 0 saturated heterocycles. The number of amides is 1. The average molecular weight is 337 g/mol. The summed E-state index contributed by atoms with van der Waals surface area (Å²) >= 11 is 6.15. The summed E-state index contributed by atoms with van der Waals surface area (Å²) < 4.78 is 10.7. The zero-order valence-corrected chi connectivity index (χ0v) is 14.3. The molecule has 2 N–H and O–H groups in total. The quantitative estimate of drug-likeness (QED) is 0.867. The molecule has 120 valence electrons. The van der Waals surface area contributed by atoms with E-state index in [4.69, 9.17) is 26.8 Å². The van der Waals surface area contributed by atoms with Crippen molar-refractivity contribution in [1.82, 2.24) is 4.90 Å². The van der Waals surface area contributed by atoms with Crippen LogP contribution >= 0.6 is 24.0 Å². The first-order valence-corrected chi connectivity index (χ1v) is 6.81. The summed E-state index contributed by atoms with van der Waals surface area (Å²) in [6.07, 6.45) is 0. The van der Waals surface area contributed by atoms with Crippen molar-refractivity contribution in [1.29, 1.82) is 0 Å². The van der Waals surface area contributed by atoms with Gasteiger partial charge in [0.1, 0.15) is 0 Å². The fraction of sp³-hybridized carbons (Fsp3) is 0.500. The van der Waals surface area contributed by atoms with Crippen LogP contribution in [0, 0.1) is 0 Å². The highest BCUT2D eigenvalue weighted by molar-refractivity contribution is 6.32. The first-order valence-electron chi connectivity index (χ1n) is 6.43. The minimum absolute atomic E-state index is 0. The molecule has 0 saturated carbocycles. The molecule has 0 aliphatic rings. The van der Waals surface area contributed by atoms with E-state index in [0.717, 1.165) is 0 Å². The van der Waals surface area contributed by atoms with Gasteiger partial charge in [0.2, 0.25) is 0 Å². The molecule has 0 fully saturated rings. The maximum atomic E-state index is 12.3. The van der Waals surface area contributed by atoms with Crippen molar-refractivity contribution in [3.63, 3.8) is 0 Å². The molecule has 1 unspecified atom stereocenters. The lowest BCUT2D eigenvalue weighted by Gasteiger charge is -2.24. The Morgan fingerprint density at radius 3 is 2.57 bits per heavy atom. The van der Waals surface area contributed by atoms with Crippen molar-refractivity contribution in [3.05, 3.63) is 22.7 Å². The van der Waals surface area contributed by atoms with Crippen LogP contribution in [0.2, 0.25) is 5.02 Å². The molecule has 7 heteroatoms. The smallest absolute Gasteiger partial charge is 0.254 e. The third-order valence-corrected chi connectivity index (χ3v) is 3.37. The van der Waals surface area contributed by atoms with E-state index in [1.165, 1.54) is 7.11 Å². The molecule has 5 nitrogen and oxygen atoms in total. The normalized spacial score (nSPS) is 11.3. The Balaban J connectivity index is 0.00000400. The topological polar surface area (TPSA) is 64.8 Å². The first kappa shape index (κ1) is 19.8. The summed E-state index contributed by atoms with van der Waals surface area (Å²) in [6, 6.07) is 3.15.